The minimum absolute atomic E-state index is 0.0767. The van der Waals surface area contributed by atoms with E-state index in [1.165, 1.54) is 0 Å². The third-order valence-electron chi connectivity index (χ3n) is 6.12. The summed E-state index contributed by atoms with van der Waals surface area (Å²) in [5.41, 5.74) is 0. The molecule has 3 aliphatic rings. The highest BCUT2D eigenvalue weighted by Crippen LogP contribution is 2.33. The summed E-state index contributed by atoms with van der Waals surface area (Å²) in [5.74, 6) is -2.43. The van der Waals surface area contributed by atoms with Crippen LogP contribution in [0.3, 0.4) is 0 Å². The fraction of sp³-hybridized carbons (Fsp3) is 0.750. The Labute approximate surface area is 207 Å². The number of imide groups is 1. The van der Waals surface area contributed by atoms with E-state index in [1.807, 2.05) is 11.8 Å². The van der Waals surface area contributed by atoms with E-state index in [0.717, 1.165) is 25.0 Å². The number of hydrogen-bond donors (Lipinski definition) is 4. The maximum absolute atomic E-state index is 12.2. The summed E-state index contributed by atoms with van der Waals surface area (Å²) in [6, 6.07) is 0.0127. The lowest BCUT2D eigenvalue weighted by Crippen LogP contribution is -2.37. The Hall–Kier alpha value is -2.39. The van der Waals surface area contributed by atoms with Gasteiger partial charge in [-0.15, -0.1) is 5.06 Å². The molecule has 35 heavy (non-hydrogen) atoms. The molecule has 13 nitrogen and oxygen atoms in total. The number of hydroxylamine groups is 2. The van der Waals surface area contributed by atoms with Crippen molar-refractivity contribution < 1.29 is 41.8 Å². The first kappa shape index (κ1) is 27.2. The molecule has 0 aromatic heterocycles. The molecule has 5 atom stereocenters. The Morgan fingerprint density at radius 1 is 1.20 bits per heavy atom. The third kappa shape index (κ3) is 7.30. The third-order valence-corrected chi connectivity index (χ3v) is 8.72. The van der Waals surface area contributed by atoms with Crippen molar-refractivity contribution in [3.63, 3.8) is 0 Å². The lowest BCUT2D eigenvalue weighted by molar-refractivity contribution is -0.197. The molecule has 0 saturated carbocycles. The molecule has 3 fully saturated rings. The SMILES string of the molecule is CC(CCCC(=O)ON1C(=O)CC(S(=O)(=O)O)C1=O)NC(=O)CCCC[C@@H]1SC[C@@H]2NC(=O)N[C@@H]21. The van der Waals surface area contributed by atoms with Crippen LogP contribution >= 0.6 is 11.8 Å². The summed E-state index contributed by atoms with van der Waals surface area (Å²) in [6.45, 7) is 1.79. The number of carbonyl (C=O) groups excluding carboxylic acids is 5. The molecule has 196 valence electrons. The second kappa shape index (κ2) is 11.6. The van der Waals surface area contributed by atoms with Crippen LogP contribution in [0.1, 0.15) is 58.3 Å². The highest BCUT2D eigenvalue weighted by atomic mass is 32.2. The standard InChI is InChI=1S/C20H30N4O9S2/c1-11(5-4-8-17(27)33-24-16(26)9-14(19(24)28)35(30,31)32)21-15(25)7-3-2-6-13-18-12(10-34-13)22-20(29)23-18/h11-14,18H,2-10H2,1H3,(H,21,25)(H2,22,23,29)(H,30,31,32)/t11?,12-,13-,14?,18-/m0/s1. The lowest BCUT2D eigenvalue weighted by Gasteiger charge is -2.17. The van der Waals surface area contributed by atoms with Crippen LogP contribution in [0.15, 0.2) is 0 Å². The molecule has 0 spiro atoms. The van der Waals surface area contributed by atoms with Gasteiger partial charge in [0.1, 0.15) is 0 Å². The lowest BCUT2D eigenvalue weighted by atomic mass is 10.0. The molecular weight excluding hydrogens is 504 g/mol. The van der Waals surface area contributed by atoms with Crippen molar-refractivity contribution in [2.24, 2.45) is 0 Å². The first-order chi connectivity index (χ1) is 16.5. The van der Waals surface area contributed by atoms with Crippen LogP contribution in [-0.2, 0) is 34.1 Å². The van der Waals surface area contributed by atoms with Crippen molar-refractivity contribution in [3.8, 4) is 0 Å². The smallest absolute Gasteiger partial charge is 0.333 e. The van der Waals surface area contributed by atoms with Crippen LogP contribution < -0.4 is 16.0 Å². The monoisotopic (exact) mass is 534 g/mol. The van der Waals surface area contributed by atoms with Gasteiger partial charge in [0.25, 0.3) is 21.9 Å². The van der Waals surface area contributed by atoms with E-state index in [0.29, 0.717) is 24.5 Å². The Morgan fingerprint density at radius 3 is 2.63 bits per heavy atom. The van der Waals surface area contributed by atoms with Gasteiger partial charge in [-0.1, -0.05) is 6.42 Å². The van der Waals surface area contributed by atoms with Gasteiger partial charge < -0.3 is 20.8 Å². The van der Waals surface area contributed by atoms with E-state index in [-0.39, 0.29) is 41.5 Å². The summed E-state index contributed by atoms with van der Waals surface area (Å²) < 4.78 is 31.2. The second-order valence-corrected chi connectivity index (χ2v) is 11.8. The number of amides is 5. The number of rotatable bonds is 12. The first-order valence-electron chi connectivity index (χ1n) is 11.5. The molecule has 2 unspecified atom stereocenters. The van der Waals surface area contributed by atoms with Gasteiger partial charge >= 0.3 is 12.0 Å². The Bertz CT molecular complexity index is 974. The maximum Gasteiger partial charge on any atom is 0.333 e. The van der Waals surface area contributed by atoms with Gasteiger partial charge in [0.15, 0.2) is 5.25 Å². The average Bonchev–Trinajstić information content (AvgIpc) is 3.39. The number of nitrogens with one attached hydrogen (secondary N) is 3. The quantitative estimate of drug-likeness (QED) is 0.114. The van der Waals surface area contributed by atoms with Gasteiger partial charge in [-0.2, -0.15) is 20.2 Å². The van der Waals surface area contributed by atoms with Crippen LogP contribution in [0.2, 0.25) is 0 Å². The largest absolute Gasteiger partial charge is 0.354 e. The van der Waals surface area contributed by atoms with Gasteiger partial charge in [-0.05, 0) is 32.6 Å². The van der Waals surface area contributed by atoms with Gasteiger partial charge in [-0.3, -0.25) is 18.9 Å². The number of thioether (sulfide) groups is 1. The van der Waals surface area contributed by atoms with Crippen molar-refractivity contribution >= 4 is 51.6 Å². The van der Waals surface area contributed by atoms with Crippen LogP contribution in [-0.4, -0.2) is 82.1 Å². The van der Waals surface area contributed by atoms with Gasteiger partial charge in [-0.25, -0.2) is 9.59 Å². The molecule has 4 N–H and O–H groups in total. The van der Waals surface area contributed by atoms with Gasteiger partial charge in [0, 0.05) is 29.9 Å². The fourth-order valence-electron chi connectivity index (χ4n) is 4.30. The van der Waals surface area contributed by atoms with Gasteiger partial charge in [0.2, 0.25) is 5.91 Å². The zero-order valence-electron chi connectivity index (χ0n) is 19.2. The molecule has 3 aliphatic heterocycles. The summed E-state index contributed by atoms with van der Waals surface area (Å²) in [4.78, 5) is 63.7. The normalized spacial score (nSPS) is 26.8. The molecule has 0 aromatic carbocycles. The molecule has 0 radical (unpaired) electrons. The van der Waals surface area contributed by atoms with Crippen molar-refractivity contribution in [2.45, 2.75) is 86.9 Å². The van der Waals surface area contributed by atoms with Crippen LogP contribution in [0.25, 0.3) is 0 Å². The summed E-state index contributed by atoms with van der Waals surface area (Å²) in [7, 11) is -4.77. The maximum atomic E-state index is 12.2. The molecule has 15 heteroatoms. The number of fused-ring (bicyclic) bond motifs is 1. The summed E-state index contributed by atoms with van der Waals surface area (Å²) in [6.07, 6.45) is 2.70. The minimum Gasteiger partial charge on any atom is -0.354 e. The Balaban J connectivity index is 1.26. The molecule has 0 aliphatic carbocycles. The van der Waals surface area contributed by atoms with E-state index in [4.69, 9.17) is 4.55 Å². The van der Waals surface area contributed by atoms with E-state index >= 15 is 0 Å². The molecular formula is C20H30N4O9S2. The van der Waals surface area contributed by atoms with Crippen molar-refractivity contribution in [2.75, 3.05) is 5.75 Å². The molecule has 3 saturated heterocycles. The Kier molecular flexibility index (Phi) is 8.99. The number of urea groups is 1. The Morgan fingerprint density at radius 2 is 1.94 bits per heavy atom. The van der Waals surface area contributed by atoms with Crippen molar-refractivity contribution in [3.05, 3.63) is 0 Å². The van der Waals surface area contributed by atoms with Crippen LogP contribution in [0.5, 0.6) is 0 Å². The zero-order chi connectivity index (χ0) is 25.8. The topological polar surface area (TPSA) is 188 Å². The molecule has 0 aromatic rings. The summed E-state index contributed by atoms with van der Waals surface area (Å²) >= 11 is 1.83. The predicted molar refractivity (Wildman–Crippen MR) is 123 cm³/mol. The predicted octanol–water partition coefficient (Wildman–Crippen LogP) is -0.139. The highest BCUT2D eigenvalue weighted by Gasteiger charge is 2.48. The van der Waals surface area contributed by atoms with E-state index < -0.39 is 39.6 Å². The molecule has 5 amide bonds. The van der Waals surface area contributed by atoms with Crippen molar-refractivity contribution in [1.82, 2.24) is 21.0 Å². The number of carbonyl (C=O) groups is 5. The first-order valence-corrected chi connectivity index (χ1v) is 14.0. The minimum atomic E-state index is -4.77. The average molecular weight is 535 g/mol. The summed E-state index contributed by atoms with van der Waals surface area (Å²) in [5, 5.41) is 7.17. The van der Waals surface area contributed by atoms with E-state index in [2.05, 4.69) is 20.8 Å². The number of hydrogen-bond acceptors (Lipinski definition) is 9. The fourth-order valence-corrected chi connectivity index (χ4v) is 6.55. The number of unbranched alkanes of at least 4 members (excludes halogenated alkanes) is 1. The van der Waals surface area contributed by atoms with E-state index in [1.54, 1.807) is 6.92 Å². The van der Waals surface area contributed by atoms with E-state index in [9.17, 15) is 32.4 Å². The highest BCUT2D eigenvalue weighted by molar-refractivity contribution is 8.00. The molecule has 0 bridgehead atoms. The van der Waals surface area contributed by atoms with Crippen LogP contribution in [0.4, 0.5) is 4.79 Å². The molecule has 3 heterocycles. The van der Waals surface area contributed by atoms with Gasteiger partial charge in [0.05, 0.1) is 18.5 Å². The van der Waals surface area contributed by atoms with Crippen molar-refractivity contribution in [1.29, 1.82) is 0 Å². The number of nitrogens with zero attached hydrogens (tertiary/aromatic N) is 1. The second-order valence-electron chi connectivity index (χ2n) is 8.93. The van der Waals surface area contributed by atoms with Crippen LogP contribution in [0, 0.1) is 0 Å². The zero-order valence-corrected chi connectivity index (χ0v) is 20.9. The molecule has 3 rings (SSSR count).